The average molecular weight is 248 g/mol. The zero-order valence-electron chi connectivity index (χ0n) is 11.6. The molecule has 0 unspecified atom stereocenters. The van der Waals surface area contributed by atoms with Gasteiger partial charge in [0.15, 0.2) is 0 Å². The normalized spacial score (nSPS) is 16.0. The topological polar surface area (TPSA) is 25.4 Å². The highest BCUT2D eigenvalue weighted by Crippen LogP contribution is 2.22. The molecule has 0 bridgehead atoms. The molecular weight excluding hydrogens is 224 g/mol. The second-order valence-corrected chi connectivity index (χ2v) is 4.93. The van der Waals surface area contributed by atoms with Gasteiger partial charge < -0.3 is 9.64 Å². The second-order valence-electron chi connectivity index (χ2n) is 4.93. The standard InChI is InChI=1S/C15H24N2O/c1-3-5-13-11-14(6-4-2)15(16-12-13)17-7-9-18-10-8-17/h11-12H,3-10H2,1-2H3. The molecule has 1 fully saturated rings. The van der Waals surface area contributed by atoms with Crippen LogP contribution in [0.25, 0.3) is 0 Å². The minimum atomic E-state index is 0.823. The molecule has 3 heteroatoms. The summed E-state index contributed by atoms with van der Waals surface area (Å²) in [5.41, 5.74) is 2.78. The summed E-state index contributed by atoms with van der Waals surface area (Å²) in [7, 11) is 0. The molecule has 100 valence electrons. The van der Waals surface area contributed by atoms with Crippen LogP contribution in [0.3, 0.4) is 0 Å². The van der Waals surface area contributed by atoms with Gasteiger partial charge in [0.05, 0.1) is 13.2 Å². The molecular formula is C15H24N2O. The predicted molar refractivity (Wildman–Crippen MR) is 75.3 cm³/mol. The van der Waals surface area contributed by atoms with Crippen molar-refractivity contribution in [3.05, 3.63) is 23.4 Å². The molecule has 18 heavy (non-hydrogen) atoms. The Morgan fingerprint density at radius 3 is 2.56 bits per heavy atom. The van der Waals surface area contributed by atoms with E-state index in [4.69, 9.17) is 9.72 Å². The zero-order chi connectivity index (χ0) is 12.8. The molecule has 0 spiro atoms. The van der Waals surface area contributed by atoms with Crippen molar-refractivity contribution >= 4 is 5.82 Å². The number of pyridine rings is 1. The minimum absolute atomic E-state index is 0.823. The van der Waals surface area contributed by atoms with Crippen LogP contribution in [0.15, 0.2) is 12.3 Å². The van der Waals surface area contributed by atoms with Gasteiger partial charge in [0.2, 0.25) is 0 Å². The number of rotatable bonds is 5. The summed E-state index contributed by atoms with van der Waals surface area (Å²) in [6.45, 7) is 8.03. The monoisotopic (exact) mass is 248 g/mol. The third-order valence-corrected chi connectivity index (χ3v) is 3.37. The molecule has 0 N–H and O–H groups in total. The quantitative estimate of drug-likeness (QED) is 0.801. The van der Waals surface area contributed by atoms with Gasteiger partial charge >= 0.3 is 0 Å². The fourth-order valence-electron chi connectivity index (χ4n) is 2.49. The van der Waals surface area contributed by atoms with E-state index < -0.39 is 0 Å². The molecule has 1 saturated heterocycles. The van der Waals surface area contributed by atoms with Crippen molar-refractivity contribution in [2.24, 2.45) is 0 Å². The first-order chi connectivity index (χ1) is 8.85. The molecule has 1 aliphatic rings. The van der Waals surface area contributed by atoms with Crippen LogP contribution in [0.5, 0.6) is 0 Å². The van der Waals surface area contributed by atoms with E-state index in [1.54, 1.807) is 0 Å². The lowest BCUT2D eigenvalue weighted by atomic mass is 10.1. The molecule has 0 radical (unpaired) electrons. The van der Waals surface area contributed by atoms with E-state index in [0.29, 0.717) is 0 Å². The number of hydrogen-bond donors (Lipinski definition) is 0. The van der Waals surface area contributed by atoms with Gasteiger partial charge in [-0.2, -0.15) is 0 Å². The third-order valence-electron chi connectivity index (χ3n) is 3.37. The molecule has 1 aromatic heterocycles. The van der Waals surface area contributed by atoms with E-state index >= 15 is 0 Å². The van der Waals surface area contributed by atoms with Crippen LogP contribution in [-0.4, -0.2) is 31.3 Å². The second kappa shape index (κ2) is 6.74. The fourth-order valence-corrected chi connectivity index (χ4v) is 2.49. The average Bonchev–Trinajstić information content (AvgIpc) is 2.41. The maximum Gasteiger partial charge on any atom is 0.131 e. The minimum Gasteiger partial charge on any atom is -0.378 e. The van der Waals surface area contributed by atoms with Crippen LogP contribution in [0.2, 0.25) is 0 Å². The molecule has 0 atom stereocenters. The number of hydrogen-bond acceptors (Lipinski definition) is 3. The first-order valence-corrected chi connectivity index (χ1v) is 7.15. The number of anilines is 1. The third kappa shape index (κ3) is 3.22. The van der Waals surface area contributed by atoms with Gasteiger partial charge in [-0.3, -0.25) is 0 Å². The van der Waals surface area contributed by atoms with Crippen molar-refractivity contribution in [1.29, 1.82) is 0 Å². The lowest BCUT2D eigenvalue weighted by molar-refractivity contribution is 0.122. The molecule has 2 heterocycles. The van der Waals surface area contributed by atoms with Crippen LogP contribution < -0.4 is 4.90 Å². The van der Waals surface area contributed by atoms with Crippen molar-refractivity contribution in [3.63, 3.8) is 0 Å². The number of nitrogens with zero attached hydrogens (tertiary/aromatic N) is 2. The van der Waals surface area contributed by atoms with E-state index in [-0.39, 0.29) is 0 Å². The fraction of sp³-hybridized carbons (Fsp3) is 0.667. The largest absolute Gasteiger partial charge is 0.378 e. The first-order valence-electron chi connectivity index (χ1n) is 7.15. The molecule has 0 amide bonds. The highest BCUT2D eigenvalue weighted by Gasteiger charge is 2.16. The Balaban J connectivity index is 2.21. The first kappa shape index (κ1) is 13.3. The highest BCUT2D eigenvalue weighted by atomic mass is 16.5. The Kier molecular flexibility index (Phi) is 5.00. The molecule has 1 aromatic rings. The summed E-state index contributed by atoms with van der Waals surface area (Å²) in [5, 5.41) is 0. The number of morpholine rings is 1. The van der Waals surface area contributed by atoms with Gasteiger partial charge in [-0.15, -0.1) is 0 Å². The van der Waals surface area contributed by atoms with E-state index in [2.05, 4.69) is 24.8 Å². The maximum atomic E-state index is 5.41. The predicted octanol–water partition coefficient (Wildman–Crippen LogP) is 2.82. The van der Waals surface area contributed by atoms with E-state index in [9.17, 15) is 0 Å². The van der Waals surface area contributed by atoms with Gasteiger partial charge in [0.25, 0.3) is 0 Å². The van der Waals surface area contributed by atoms with Crippen molar-refractivity contribution in [3.8, 4) is 0 Å². The maximum absolute atomic E-state index is 5.41. The Hall–Kier alpha value is -1.09. The van der Waals surface area contributed by atoms with E-state index in [1.807, 2.05) is 6.20 Å². The van der Waals surface area contributed by atoms with Crippen LogP contribution >= 0.6 is 0 Å². The Bertz CT molecular complexity index is 373. The molecule has 3 nitrogen and oxygen atoms in total. The van der Waals surface area contributed by atoms with Crippen molar-refractivity contribution in [1.82, 2.24) is 4.98 Å². The number of aryl methyl sites for hydroxylation is 2. The Morgan fingerprint density at radius 1 is 1.17 bits per heavy atom. The summed E-state index contributed by atoms with van der Waals surface area (Å²) < 4.78 is 5.41. The smallest absolute Gasteiger partial charge is 0.131 e. The van der Waals surface area contributed by atoms with Crippen molar-refractivity contribution in [2.75, 3.05) is 31.2 Å². The summed E-state index contributed by atoms with van der Waals surface area (Å²) in [4.78, 5) is 7.08. The lowest BCUT2D eigenvalue weighted by Gasteiger charge is -2.29. The summed E-state index contributed by atoms with van der Waals surface area (Å²) in [6.07, 6.45) is 6.66. The molecule has 0 aliphatic carbocycles. The summed E-state index contributed by atoms with van der Waals surface area (Å²) >= 11 is 0. The SMILES string of the molecule is CCCc1cnc(N2CCOCC2)c(CCC)c1. The summed E-state index contributed by atoms with van der Waals surface area (Å²) in [5.74, 6) is 1.18. The highest BCUT2D eigenvalue weighted by molar-refractivity contribution is 5.48. The van der Waals surface area contributed by atoms with Gasteiger partial charge in [-0.1, -0.05) is 32.8 Å². The van der Waals surface area contributed by atoms with Crippen molar-refractivity contribution in [2.45, 2.75) is 39.5 Å². The number of ether oxygens (including phenoxy) is 1. The van der Waals surface area contributed by atoms with Gasteiger partial charge in [-0.25, -0.2) is 4.98 Å². The molecule has 0 saturated carbocycles. The van der Waals surface area contributed by atoms with Gasteiger partial charge in [-0.05, 0) is 24.0 Å². The molecule has 2 rings (SSSR count). The Morgan fingerprint density at radius 2 is 1.89 bits per heavy atom. The van der Waals surface area contributed by atoms with Gasteiger partial charge in [0, 0.05) is 19.3 Å². The molecule has 0 aromatic carbocycles. The van der Waals surface area contributed by atoms with E-state index in [0.717, 1.165) is 39.1 Å². The number of aromatic nitrogens is 1. The van der Waals surface area contributed by atoms with Crippen LogP contribution in [0, 0.1) is 0 Å². The van der Waals surface area contributed by atoms with Gasteiger partial charge in [0.1, 0.15) is 5.82 Å². The van der Waals surface area contributed by atoms with Crippen LogP contribution in [0.1, 0.15) is 37.8 Å². The van der Waals surface area contributed by atoms with Crippen LogP contribution in [-0.2, 0) is 17.6 Å². The zero-order valence-corrected chi connectivity index (χ0v) is 11.6. The van der Waals surface area contributed by atoms with E-state index in [1.165, 1.54) is 29.8 Å². The van der Waals surface area contributed by atoms with Crippen LogP contribution in [0.4, 0.5) is 5.82 Å². The molecule has 1 aliphatic heterocycles. The lowest BCUT2D eigenvalue weighted by Crippen LogP contribution is -2.37. The summed E-state index contributed by atoms with van der Waals surface area (Å²) in [6, 6.07) is 2.35. The van der Waals surface area contributed by atoms with Crippen molar-refractivity contribution < 1.29 is 4.74 Å². The Labute approximate surface area is 110 Å².